The Morgan fingerprint density at radius 2 is 1.81 bits per heavy atom. The average Bonchev–Trinajstić information content (AvgIpc) is 2.62. The Labute approximate surface area is 151 Å². The summed E-state index contributed by atoms with van der Waals surface area (Å²) >= 11 is 0. The maximum atomic E-state index is 12.6. The molecule has 5 heteroatoms. The van der Waals surface area contributed by atoms with Crippen LogP contribution < -0.4 is 5.56 Å². The van der Waals surface area contributed by atoms with E-state index in [1.165, 1.54) is 10.5 Å². The summed E-state index contributed by atoms with van der Waals surface area (Å²) in [5, 5.41) is 18.6. The van der Waals surface area contributed by atoms with Gasteiger partial charge in [-0.15, -0.1) is 0 Å². The second-order valence-electron chi connectivity index (χ2n) is 6.71. The van der Waals surface area contributed by atoms with Gasteiger partial charge in [-0.25, -0.2) is 4.79 Å². The molecule has 5 nitrogen and oxygen atoms in total. The Balaban J connectivity index is 2.34. The SMILES string of the molecule is Cc1c(-c2ccc(CO)cc2)ccn2c(=O)c(C(=O)O)cc(C(C)C)c12. The number of rotatable bonds is 4. The lowest BCUT2D eigenvalue weighted by molar-refractivity contribution is 0.0694. The van der Waals surface area contributed by atoms with Crippen LogP contribution in [0, 0.1) is 6.92 Å². The molecular weight excluding hydrogens is 330 g/mol. The van der Waals surface area contributed by atoms with Crippen LogP contribution in [0.25, 0.3) is 16.6 Å². The predicted octanol–water partition coefficient (Wildman–Crippen LogP) is 3.59. The van der Waals surface area contributed by atoms with Gasteiger partial charge in [0, 0.05) is 6.20 Å². The maximum Gasteiger partial charge on any atom is 0.341 e. The summed E-state index contributed by atoms with van der Waals surface area (Å²) in [7, 11) is 0. The molecule has 0 spiro atoms. The first-order chi connectivity index (χ1) is 12.3. The van der Waals surface area contributed by atoms with Crippen LogP contribution in [0.5, 0.6) is 0 Å². The summed E-state index contributed by atoms with van der Waals surface area (Å²) in [5.41, 5.74) is 4.53. The number of aliphatic hydroxyl groups excluding tert-OH is 1. The third-order valence-corrected chi connectivity index (χ3v) is 4.71. The molecule has 3 rings (SSSR count). The second kappa shape index (κ2) is 6.77. The van der Waals surface area contributed by atoms with E-state index in [0.717, 1.165) is 33.3 Å². The van der Waals surface area contributed by atoms with Crippen molar-refractivity contribution >= 4 is 11.5 Å². The number of aromatic carboxylic acids is 1. The number of hydrogen-bond donors (Lipinski definition) is 2. The van der Waals surface area contributed by atoms with Gasteiger partial charge in [-0.3, -0.25) is 9.20 Å². The number of carbonyl (C=O) groups is 1. The summed E-state index contributed by atoms with van der Waals surface area (Å²) in [6.07, 6.45) is 1.64. The van der Waals surface area contributed by atoms with Gasteiger partial charge in [0.25, 0.3) is 5.56 Å². The first-order valence-corrected chi connectivity index (χ1v) is 8.47. The highest BCUT2D eigenvalue weighted by Crippen LogP contribution is 2.30. The van der Waals surface area contributed by atoms with Gasteiger partial charge in [-0.2, -0.15) is 0 Å². The topological polar surface area (TPSA) is 79.0 Å². The Hall–Kier alpha value is -2.92. The normalized spacial score (nSPS) is 11.3. The van der Waals surface area contributed by atoms with E-state index in [-0.39, 0.29) is 18.1 Å². The Kier molecular flexibility index (Phi) is 4.66. The molecule has 2 aromatic heterocycles. The lowest BCUT2D eigenvalue weighted by Crippen LogP contribution is -2.24. The zero-order valence-electron chi connectivity index (χ0n) is 15.0. The largest absolute Gasteiger partial charge is 0.477 e. The number of aryl methyl sites for hydroxylation is 1. The Morgan fingerprint density at radius 3 is 2.35 bits per heavy atom. The van der Waals surface area contributed by atoms with Gasteiger partial charge in [0.15, 0.2) is 0 Å². The number of hydrogen-bond acceptors (Lipinski definition) is 3. The lowest BCUT2D eigenvalue weighted by atomic mass is 9.93. The fourth-order valence-electron chi connectivity index (χ4n) is 3.29. The van der Waals surface area contributed by atoms with E-state index in [1.807, 2.05) is 51.1 Å². The average molecular weight is 351 g/mol. The first kappa shape index (κ1) is 17.9. The number of carboxylic acid groups (broad SMARTS) is 1. The highest BCUT2D eigenvalue weighted by Gasteiger charge is 2.19. The molecule has 0 aliphatic rings. The molecule has 0 bridgehead atoms. The van der Waals surface area contributed by atoms with Crippen LogP contribution >= 0.6 is 0 Å². The summed E-state index contributed by atoms with van der Waals surface area (Å²) < 4.78 is 1.43. The molecule has 0 amide bonds. The number of aliphatic hydroxyl groups is 1. The minimum atomic E-state index is -1.22. The molecule has 26 heavy (non-hydrogen) atoms. The van der Waals surface area contributed by atoms with Crippen LogP contribution in [0.3, 0.4) is 0 Å². The quantitative estimate of drug-likeness (QED) is 0.753. The van der Waals surface area contributed by atoms with Gasteiger partial charge in [0.05, 0.1) is 12.1 Å². The molecular formula is C21H21NO4. The lowest BCUT2D eigenvalue weighted by Gasteiger charge is -2.17. The minimum absolute atomic E-state index is 0.0121. The number of aromatic nitrogens is 1. The number of benzene rings is 1. The van der Waals surface area contributed by atoms with E-state index in [2.05, 4.69) is 0 Å². The van der Waals surface area contributed by atoms with Crippen molar-refractivity contribution < 1.29 is 15.0 Å². The molecule has 134 valence electrons. The number of nitrogens with zero attached hydrogens (tertiary/aromatic N) is 1. The van der Waals surface area contributed by atoms with Crippen LogP contribution in [-0.2, 0) is 6.61 Å². The van der Waals surface area contributed by atoms with Crippen LogP contribution in [0.4, 0.5) is 0 Å². The summed E-state index contributed by atoms with van der Waals surface area (Å²) in [4.78, 5) is 24.0. The van der Waals surface area contributed by atoms with Crippen LogP contribution in [-0.4, -0.2) is 20.6 Å². The van der Waals surface area contributed by atoms with Crippen LogP contribution in [0.2, 0.25) is 0 Å². The van der Waals surface area contributed by atoms with E-state index < -0.39 is 11.5 Å². The molecule has 0 atom stereocenters. The third kappa shape index (κ3) is 2.91. The molecule has 2 N–H and O–H groups in total. The summed E-state index contributed by atoms with van der Waals surface area (Å²) in [5.74, 6) is -1.15. The van der Waals surface area contributed by atoms with Gasteiger partial charge in [-0.05, 0) is 52.8 Å². The maximum absolute atomic E-state index is 12.6. The zero-order chi connectivity index (χ0) is 19.0. The van der Waals surface area contributed by atoms with Gasteiger partial charge >= 0.3 is 5.97 Å². The smallest absolute Gasteiger partial charge is 0.341 e. The fraction of sp³-hybridized carbons (Fsp3) is 0.238. The molecule has 0 fully saturated rings. The van der Waals surface area contributed by atoms with Crippen LogP contribution in [0.1, 0.15) is 46.8 Å². The number of pyridine rings is 2. The third-order valence-electron chi connectivity index (χ3n) is 4.71. The van der Waals surface area contributed by atoms with Crippen molar-refractivity contribution in [2.75, 3.05) is 0 Å². The van der Waals surface area contributed by atoms with E-state index in [1.54, 1.807) is 6.20 Å². The second-order valence-corrected chi connectivity index (χ2v) is 6.71. The number of fused-ring (bicyclic) bond motifs is 1. The summed E-state index contributed by atoms with van der Waals surface area (Å²) in [6.45, 7) is 5.89. The first-order valence-electron chi connectivity index (χ1n) is 8.47. The van der Waals surface area contributed by atoms with Gasteiger partial charge in [0.1, 0.15) is 5.56 Å². The molecule has 3 aromatic rings. The highest BCUT2D eigenvalue weighted by atomic mass is 16.4. The highest BCUT2D eigenvalue weighted by molar-refractivity contribution is 5.89. The van der Waals surface area contributed by atoms with Crippen molar-refractivity contribution in [3.63, 3.8) is 0 Å². The number of carboxylic acids is 1. The molecule has 1 aromatic carbocycles. The molecule has 2 heterocycles. The predicted molar refractivity (Wildman–Crippen MR) is 101 cm³/mol. The molecule has 0 radical (unpaired) electrons. The van der Waals surface area contributed by atoms with Gasteiger partial charge in [-0.1, -0.05) is 38.1 Å². The van der Waals surface area contributed by atoms with Crippen LogP contribution in [0.15, 0.2) is 47.4 Å². The zero-order valence-corrected chi connectivity index (χ0v) is 15.0. The monoisotopic (exact) mass is 351 g/mol. The Bertz CT molecular complexity index is 1050. The van der Waals surface area contributed by atoms with Crippen molar-refractivity contribution in [1.29, 1.82) is 0 Å². The molecule has 0 unspecified atom stereocenters. The fourth-order valence-corrected chi connectivity index (χ4v) is 3.29. The standard InChI is InChI=1S/C21H21NO4/c1-12(2)17-10-18(21(25)26)20(24)22-9-8-16(13(3)19(17)22)15-6-4-14(11-23)5-7-15/h4-10,12,23H,11H2,1-3H3,(H,25,26). The van der Waals surface area contributed by atoms with Crippen molar-refractivity contribution in [3.05, 3.63) is 75.2 Å². The van der Waals surface area contributed by atoms with E-state index >= 15 is 0 Å². The molecule has 0 aliphatic heterocycles. The molecule has 0 saturated heterocycles. The van der Waals surface area contributed by atoms with Crippen molar-refractivity contribution in [2.24, 2.45) is 0 Å². The Morgan fingerprint density at radius 1 is 1.15 bits per heavy atom. The van der Waals surface area contributed by atoms with E-state index in [0.29, 0.717) is 0 Å². The molecule has 0 aliphatic carbocycles. The van der Waals surface area contributed by atoms with Crippen molar-refractivity contribution in [1.82, 2.24) is 4.40 Å². The van der Waals surface area contributed by atoms with E-state index in [9.17, 15) is 19.8 Å². The van der Waals surface area contributed by atoms with Gasteiger partial charge < -0.3 is 10.2 Å². The van der Waals surface area contributed by atoms with Gasteiger partial charge in [0.2, 0.25) is 0 Å². The summed E-state index contributed by atoms with van der Waals surface area (Å²) in [6, 6.07) is 10.9. The minimum Gasteiger partial charge on any atom is -0.477 e. The van der Waals surface area contributed by atoms with Crippen molar-refractivity contribution in [2.45, 2.75) is 33.3 Å². The van der Waals surface area contributed by atoms with E-state index in [4.69, 9.17) is 0 Å². The molecule has 0 saturated carbocycles. The van der Waals surface area contributed by atoms with Crippen molar-refractivity contribution in [3.8, 4) is 11.1 Å².